The molecule has 0 spiro atoms. The van der Waals surface area contributed by atoms with Crippen LogP contribution in [0.3, 0.4) is 0 Å². The van der Waals surface area contributed by atoms with E-state index in [0.717, 1.165) is 44.3 Å². The molecule has 0 aliphatic heterocycles. The molecule has 1 aliphatic rings. The van der Waals surface area contributed by atoms with Crippen molar-refractivity contribution in [3.05, 3.63) is 35.9 Å². The summed E-state index contributed by atoms with van der Waals surface area (Å²) in [7, 11) is 0. The fourth-order valence-electron chi connectivity index (χ4n) is 2.74. The van der Waals surface area contributed by atoms with Crippen LogP contribution in [0, 0.1) is 5.92 Å². The lowest BCUT2D eigenvalue weighted by atomic mass is 9.87. The predicted molar refractivity (Wildman–Crippen MR) is 84.1 cm³/mol. The monoisotopic (exact) mass is 310 g/mol. The Morgan fingerprint density at radius 3 is 2.41 bits per heavy atom. The van der Waals surface area contributed by atoms with E-state index in [1.165, 1.54) is 0 Å². The van der Waals surface area contributed by atoms with Crippen LogP contribution < -0.4 is 4.74 Å². The quantitative estimate of drug-likeness (QED) is 0.681. The molecule has 1 aromatic carbocycles. The van der Waals surface area contributed by atoms with Gasteiger partial charge in [0.25, 0.3) is 0 Å². The third kappa shape index (κ3) is 5.76. The van der Waals surface area contributed by atoms with Crippen molar-refractivity contribution in [2.45, 2.75) is 51.7 Å². The molecule has 0 unspecified atom stereocenters. The Hall–Kier alpha value is -1.42. The summed E-state index contributed by atoms with van der Waals surface area (Å²) in [6.45, 7) is 0.219. The second-order valence-electron chi connectivity index (χ2n) is 5.71. The van der Waals surface area contributed by atoms with Crippen LogP contribution in [0.15, 0.2) is 30.3 Å². The Morgan fingerprint density at radius 2 is 1.82 bits per heavy atom. The molecule has 0 atom stereocenters. The van der Waals surface area contributed by atoms with Crippen molar-refractivity contribution in [1.82, 2.24) is 0 Å². The summed E-state index contributed by atoms with van der Waals surface area (Å²) >= 11 is 0. The van der Waals surface area contributed by atoms with Gasteiger partial charge in [-0.25, -0.2) is 0 Å². The third-order valence-corrected chi connectivity index (χ3v) is 3.94. The van der Waals surface area contributed by atoms with E-state index in [4.69, 9.17) is 4.74 Å². The predicted octanol–water partition coefficient (Wildman–Crippen LogP) is 5.29. The van der Waals surface area contributed by atoms with Crippen molar-refractivity contribution in [2.24, 2.45) is 5.92 Å². The Balaban J connectivity index is 1.78. The molecule has 0 amide bonds. The fraction of sp³-hybridized carbons (Fsp3) is 0.556. The van der Waals surface area contributed by atoms with Crippen LogP contribution in [-0.2, 0) is 4.74 Å². The minimum atomic E-state index is -2.77. The lowest BCUT2D eigenvalue weighted by molar-refractivity contribution is -0.0498. The summed E-state index contributed by atoms with van der Waals surface area (Å²) in [5.74, 6) is 0.777. The molecule has 0 saturated heterocycles. The van der Waals surface area contributed by atoms with Gasteiger partial charge in [0.1, 0.15) is 5.75 Å². The fourth-order valence-corrected chi connectivity index (χ4v) is 2.74. The van der Waals surface area contributed by atoms with Gasteiger partial charge in [-0.1, -0.05) is 31.2 Å². The third-order valence-electron chi connectivity index (χ3n) is 3.94. The van der Waals surface area contributed by atoms with Gasteiger partial charge in [0.05, 0.1) is 6.10 Å². The van der Waals surface area contributed by atoms with Gasteiger partial charge < -0.3 is 9.47 Å². The van der Waals surface area contributed by atoms with Crippen molar-refractivity contribution in [2.75, 3.05) is 6.61 Å². The van der Waals surface area contributed by atoms with Gasteiger partial charge in [0.15, 0.2) is 0 Å². The molecule has 0 N–H and O–H groups in total. The Kier molecular flexibility index (Phi) is 6.84. The first kappa shape index (κ1) is 16.9. The SMILES string of the molecule is CCCOC1CCC(/C=C/c2ccc(OC(F)F)cc2)CC1. The molecule has 2 nitrogen and oxygen atoms in total. The van der Waals surface area contributed by atoms with Crippen LogP contribution in [-0.4, -0.2) is 19.3 Å². The highest BCUT2D eigenvalue weighted by atomic mass is 19.3. The number of benzene rings is 1. The van der Waals surface area contributed by atoms with Gasteiger partial charge in [-0.05, 0) is 55.7 Å². The van der Waals surface area contributed by atoms with Crippen molar-refractivity contribution < 1.29 is 18.3 Å². The summed E-state index contributed by atoms with van der Waals surface area (Å²) in [4.78, 5) is 0. The molecule has 2 rings (SSSR count). The van der Waals surface area contributed by atoms with E-state index in [0.29, 0.717) is 12.0 Å². The Labute approximate surface area is 131 Å². The van der Waals surface area contributed by atoms with Crippen LogP contribution >= 0.6 is 0 Å². The molecule has 0 heterocycles. The van der Waals surface area contributed by atoms with Gasteiger partial charge in [-0.2, -0.15) is 8.78 Å². The van der Waals surface area contributed by atoms with E-state index >= 15 is 0 Å². The average Bonchev–Trinajstić information content (AvgIpc) is 2.53. The lowest BCUT2D eigenvalue weighted by Crippen LogP contribution is -2.21. The number of alkyl halides is 2. The number of ether oxygens (including phenoxy) is 2. The van der Waals surface area contributed by atoms with Crippen molar-refractivity contribution in [3.63, 3.8) is 0 Å². The standard InChI is InChI=1S/C18H24F2O2/c1-2-13-21-16-9-5-14(6-10-16)3-4-15-7-11-17(12-8-15)22-18(19)20/h3-4,7-8,11-12,14,16,18H,2,5-6,9-10,13H2,1H3/b4-3+. The molecular formula is C18H24F2O2. The molecule has 0 radical (unpaired) electrons. The summed E-state index contributed by atoms with van der Waals surface area (Å²) in [6, 6.07) is 6.73. The van der Waals surface area contributed by atoms with Gasteiger partial charge in [-0.15, -0.1) is 0 Å². The second-order valence-corrected chi connectivity index (χ2v) is 5.71. The van der Waals surface area contributed by atoms with Crippen molar-refractivity contribution in [3.8, 4) is 5.75 Å². The van der Waals surface area contributed by atoms with Crippen LogP contribution in [0.5, 0.6) is 5.75 Å². The maximum Gasteiger partial charge on any atom is 0.387 e. The van der Waals surface area contributed by atoms with Gasteiger partial charge in [-0.3, -0.25) is 0 Å². The molecule has 4 heteroatoms. The molecule has 1 aromatic rings. The number of hydrogen-bond donors (Lipinski definition) is 0. The smallest absolute Gasteiger partial charge is 0.387 e. The highest BCUT2D eigenvalue weighted by molar-refractivity contribution is 5.50. The summed E-state index contributed by atoms with van der Waals surface area (Å²) in [5.41, 5.74) is 1.01. The molecule has 22 heavy (non-hydrogen) atoms. The molecule has 1 aliphatic carbocycles. The zero-order valence-corrected chi connectivity index (χ0v) is 13.0. The van der Waals surface area contributed by atoms with Gasteiger partial charge in [0, 0.05) is 6.61 Å². The molecule has 1 saturated carbocycles. The number of rotatable bonds is 7. The van der Waals surface area contributed by atoms with Crippen LogP contribution in [0.4, 0.5) is 8.78 Å². The molecule has 122 valence electrons. The largest absolute Gasteiger partial charge is 0.435 e. The summed E-state index contributed by atoms with van der Waals surface area (Å²) < 4.78 is 34.3. The average molecular weight is 310 g/mol. The van der Waals surface area contributed by atoms with Crippen molar-refractivity contribution >= 4 is 6.08 Å². The summed E-state index contributed by atoms with van der Waals surface area (Å²) in [6.07, 6.45) is 10.3. The number of halogens is 2. The molecule has 0 aromatic heterocycles. The zero-order chi connectivity index (χ0) is 15.8. The Bertz CT molecular complexity index is 449. The molecule has 0 bridgehead atoms. The first-order valence-electron chi connectivity index (χ1n) is 8.02. The van der Waals surface area contributed by atoms with Crippen LogP contribution in [0.2, 0.25) is 0 Å². The van der Waals surface area contributed by atoms with Gasteiger partial charge in [0.2, 0.25) is 0 Å². The molecular weight excluding hydrogens is 286 g/mol. The maximum atomic E-state index is 12.1. The molecule has 1 fully saturated rings. The Morgan fingerprint density at radius 1 is 1.14 bits per heavy atom. The van der Waals surface area contributed by atoms with Gasteiger partial charge >= 0.3 is 6.61 Å². The zero-order valence-electron chi connectivity index (χ0n) is 13.0. The number of hydrogen-bond acceptors (Lipinski definition) is 2. The van der Waals surface area contributed by atoms with Crippen molar-refractivity contribution in [1.29, 1.82) is 0 Å². The van der Waals surface area contributed by atoms with Crippen LogP contribution in [0.25, 0.3) is 6.08 Å². The first-order chi connectivity index (χ1) is 10.7. The first-order valence-corrected chi connectivity index (χ1v) is 8.02. The van der Waals surface area contributed by atoms with E-state index in [-0.39, 0.29) is 5.75 Å². The lowest BCUT2D eigenvalue weighted by Gasteiger charge is -2.26. The number of allylic oxidation sites excluding steroid dienone is 1. The van der Waals surface area contributed by atoms with Crippen LogP contribution in [0.1, 0.15) is 44.6 Å². The van der Waals surface area contributed by atoms with E-state index in [2.05, 4.69) is 23.8 Å². The highest BCUT2D eigenvalue weighted by Crippen LogP contribution is 2.28. The summed E-state index contributed by atoms with van der Waals surface area (Å²) in [5, 5.41) is 0. The van der Waals surface area contributed by atoms with E-state index in [1.54, 1.807) is 24.3 Å². The minimum absolute atomic E-state index is 0.195. The normalized spacial score (nSPS) is 22.4. The minimum Gasteiger partial charge on any atom is -0.435 e. The van der Waals surface area contributed by atoms with E-state index in [1.807, 2.05) is 0 Å². The second kappa shape index (κ2) is 8.89. The van der Waals surface area contributed by atoms with E-state index < -0.39 is 6.61 Å². The topological polar surface area (TPSA) is 18.5 Å². The maximum absolute atomic E-state index is 12.1. The highest BCUT2D eigenvalue weighted by Gasteiger charge is 2.19. The van der Waals surface area contributed by atoms with E-state index in [9.17, 15) is 8.78 Å².